The second-order valence-corrected chi connectivity index (χ2v) is 10.6. The zero-order valence-corrected chi connectivity index (χ0v) is 20.7. The van der Waals surface area contributed by atoms with Gasteiger partial charge in [-0.15, -0.1) is 0 Å². The van der Waals surface area contributed by atoms with Crippen molar-refractivity contribution in [2.45, 2.75) is 65.1 Å². The van der Waals surface area contributed by atoms with Gasteiger partial charge >= 0.3 is 12.1 Å². The van der Waals surface area contributed by atoms with Gasteiger partial charge in [0.2, 0.25) is 5.95 Å². The highest BCUT2D eigenvalue weighted by atomic mass is 19.4. The summed E-state index contributed by atoms with van der Waals surface area (Å²) in [7, 11) is 0. The molecule has 0 aliphatic heterocycles. The van der Waals surface area contributed by atoms with E-state index >= 15 is 0 Å². The molecule has 4 rings (SSSR count). The van der Waals surface area contributed by atoms with Crippen LogP contribution in [0.2, 0.25) is 0 Å². The minimum Gasteiger partial charge on any atom is -0.494 e. The Bertz CT molecular complexity index is 1220. The van der Waals surface area contributed by atoms with Gasteiger partial charge in [0, 0.05) is 24.2 Å². The topological polar surface area (TPSA) is 76.4 Å². The van der Waals surface area contributed by atoms with Crippen molar-refractivity contribution in [1.29, 1.82) is 0 Å². The smallest absolute Gasteiger partial charge is 0.416 e. The number of alkyl halides is 3. The summed E-state index contributed by atoms with van der Waals surface area (Å²) in [6.45, 7) is 7.06. The van der Waals surface area contributed by atoms with Crippen molar-refractivity contribution in [3.63, 3.8) is 0 Å². The lowest BCUT2D eigenvalue weighted by Crippen LogP contribution is -2.29. The maximum Gasteiger partial charge on any atom is 0.416 e. The second-order valence-electron chi connectivity index (χ2n) is 10.6. The predicted molar refractivity (Wildman–Crippen MR) is 133 cm³/mol. The Balaban J connectivity index is 1.67. The molecule has 0 bridgehead atoms. The van der Waals surface area contributed by atoms with Crippen molar-refractivity contribution in [1.82, 2.24) is 9.55 Å². The lowest BCUT2D eigenvalue weighted by molar-refractivity contribution is -0.138. The maximum absolute atomic E-state index is 13.0. The van der Waals surface area contributed by atoms with Crippen molar-refractivity contribution in [3.8, 4) is 5.75 Å². The minimum absolute atomic E-state index is 0.0354. The Morgan fingerprint density at radius 1 is 1.19 bits per heavy atom. The fourth-order valence-electron chi connectivity index (χ4n) is 5.40. The average molecular weight is 504 g/mol. The lowest BCUT2D eigenvalue weighted by Gasteiger charge is -2.40. The molecular formula is C27H32F3N3O3. The maximum atomic E-state index is 13.0. The summed E-state index contributed by atoms with van der Waals surface area (Å²) in [5, 5.41) is 12.1. The third-order valence-electron chi connectivity index (χ3n) is 6.66. The number of benzene rings is 2. The third kappa shape index (κ3) is 6.12. The Morgan fingerprint density at radius 3 is 2.56 bits per heavy atom. The number of ether oxygens (including phenoxy) is 1. The first kappa shape index (κ1) is 25.9. The van der Waals surface area contributed by atoms with E-state index in [0.29, 0.717) is 35.2 Å². The lowest BCUT2D eigenvalue weighted by atomic mass is 9.70. The van der Waals surface area contributed by atoms with Gasteiger partial charge in [-0.2, -0.15) is 13.2 Å². The number of hydrogen-bond donors (Lipinski definition) is 2. The van der Waals surface area contributed by atoms with E-state index in [4.69, 9.17) is 14.8 Å². The van der Waals surface area contributed by atoms with Crippen LogP contribution in [0.1, 0.15) is 64.5 Å². The third-order valence-corrected chi connectivity index (χ3v) is 6.66. The van der Waals surface area contributed by atoms with Gasteiger partial charge in [0.25, 0.3) is 0 Å². The molecule has 0 spiro atoms. The molecule has 1 saturated carbocycles. The van der Waals surface area contributed by atoms with Crippen LogP contribution in [-0.2, 0) is 11.0 Å². The summed E-state index contributed by atoms with van der Waals surface area (Å²) in [5.41, 5.74) is 1.59. The number of carboxylic acids is 1. The number of imidazole rings is 1. The summed E-state index contributed by atoms with van der Waals surface area (Å²) in [6, 6.07) is 10.7. The van der Waals surface area contributed by atoms with E-state index in [-0.39, 0.29) is 24.5 Å². The minimum atomic E-state index is -4.39. The van der Waals surface area contributed by atoms with Crippen LogP contribution in [0.15, 0.2) is 42.5 Å². The highest BCUT2D eigenvalue weighted by Gasteiger charge is 2.35. The number of aliphatic carboxylic acids is 1. The van der Waals surface area contributed by atoms with E-state index in [9.17, 15) is 18.0 Å². The number of nitrogens with zero attached hydrogens (tertiary/aromatic N) is 2. The monoisotopic (exact) mass is 503 g/mol. The quantitative estimate of drug-likeness (QED) is 0.313. The van der Waals surface area contributed by atoms with Crippen molar-refractivity contribution < 1.29 is 27.8 Å². The van der Waals surface area contributed by atoms with Gasteiger partial charge in [-0.25, -0.2) is 4.98 Å². The van der Waals surface area contributed by atoms with Crippen molar-refractivity contribution in [3.05, 3.63) is 48.0 Å². The first-order valence-electron chi connectivity index (χ1n) is 12.2. The number of halogens is 3. The van der Waals surface area contributed by atoms with E-state index in [2.05, 4.69) is 30.7 Å². The number of nitrogens with one attached hydrogen (secondary N) is 1. The number of carbonyl (C=O) groups is 1. The van der Waals surface area contributed by atoms with Crippen LogP contribution >= 0.6 is 0 Å². The van der Waals surface area contributed by atoms with E-state index < -0.39 is 17.7 Å². The standard InChI is InChI=1S/C27H32F3N3O3/c1-17-13-20(16-26(2,3)15-17)33-23-11-10-21(36-12-4-5-24(34)35)14-22(23)32-25(33)31-19-8-6-18(7-9-19)27(28,29)30/h6-11,14,17,20H,4-5,12-13,15-16H2,1-3H3,(H,31,32)(H,34,35)/t17-,20-/m1/s1. The van der Waals surface area contributed by atoms with Crippen LogP contribution < -0.4 is 10.1 Å². The largest absolute Gasteiger partial charge is 0.494 e. The molecule has 194 valence electrons. The normalized spacial score (nSPS) is 19.8. The first-order valence-corrected chi connectivity index (χ1v) is 12.2. The number of anilines is 2. The molecule has 9 heteroatoms. The number of hydrogen-bond acceptors (Lipinski definition) is 4. The average Bonchev–Trinajstić information content (AvgIpc) is 3.12. The molecule has 0 saturated heterocycles. The molecule has 0 amide bonds. The number of carboxylic acid groups (broad SMARTS) is 1. The summed E-state index contributed by atoms with van der Waals surface area (Å²) in [6.07, 6.45) is -0.893. The fourth-order valence-corrected chi connectivity index (χ4v) is 5.40. The molecule has 1 heterocycles. The van der Waals surface area contributed by atoms with Crippen molar-refractivity contribution in [2.24, 2.45) is 11.3 Å². The van der Waals surface area contributed by atoms with E-state index in [0.717, 1.165) is 36.9 Å². The SMILES string of the molecule is C[C@@H]1C[C@@H](n2c(Nc3ccc(C(F)(F)F)cc3)nc3cc(OCCCC(=O)O)ccc32)CC(C)(C)C1. The first-order chi connectivity index (χ1) is 16.9. The van der Waals surface area contributed by atoms with Gasteiger partial charge in [-0.3, -0.25) is 4.79 Å². The molecule has 36 heavy (non-hydrogen) atoms. The molecule has 0 radical (unpaired) electrons. The van der Waals surface area contributed by atoms with Crippen LogP contribution in [0, 0.1) is 11.3 Å². The highest BCUT2D eigenvalue weighted by Crippen LogP contribution is 2.46. The Hall–Kier alpha value is -3.23. The van der Waals surface area contributed by atoms with Crippen LogP contribution in [0.4, 0.5) is 24.8 Å². The number of aromatic nitrogens is 2. The zero-order chi connectivity index (χ0) is 26.1. The Kier molecular flexibility index (Phi) is 7.20. The second kappa shape index (κ2) is 10.0. The van der Waals surface area contributed by atoms with E-state index in [1.807, 2.05) is 18.2 Å². The van der Waals surface area contributed by atoms with Crippen molar-refractivity contribution >= 4 is 28.6 Å². The van der Waals surface area contributed by atoms with Crippen LogP contribution in [0.3, 0.4) is 0 Å². The molecule has 1 aliphatic rings. The molecule has 2 N–H and O–H groups in total. The molecule has 1 aromatic heterocycles. The van der Waals surface area contributed by atoms with Crippen LogP contribution in [0.5, 0.6) is 5.75 Å². The molecule has 6 nitrogen and oxygen atoms in total. The highest BCUT2D eigenvalue weighted by molar-refractivity contribution is 5.81. The Morgan fingerprint density at radius 2 is 1.92 bits per heavy atom. The van der Waals surface area contributed by atoms with E-state index in [1.54, 1.807) is 0 Å². The molecule has 2 atom stereocenters. The molecule has 0 unspecified atom stereocenters. The predicted octanol–water partition coefficient (Wildman–Crippen LogP) is 7.43. The van der Waals surface area contributed by atoms with Gasteiger partial charge in [0.05, 0.1) is 23.2 Å². The molecule has 2 aromatic carbocycles. The molecular weight excluding hydrogens is 471 g/mol. The summed E-state index contributed by atoms with van der Waals surface area (Å²) < 4.78 is 46.9. The fraction of sp³-hybridized carbons (Fsp3) is 0.481. The Labute approximate surface area is 208 Å². The summed E-state index contributed by atoms with van der Waals surface area (Å²) in [5.74, 6) is 0.821. The van der Waals surface area contributed by atoms with Crippen LogP contribution in [0.25, 0.3) is 11.0 Å². The number of rotatable bonds is 8. The van der Waals surface area contributed by atoms with Crippen molar-refractivity contribution in [2.75, 3.05) is 11.9 Å². The van der Waals surface area contributed by atoms with Gasteiger partial charge in [0.15, 0.2) is 0 Å². The van der Waals surface area contributed by atoms with Gasteiger partial charge in [-0.05, 0) is 73.4 Å². The molecule has 3 aromatic rings. The van der Waals surface area contributed by atoms with Crippen LogP contribution in [-0.4, -0.2) is 27.2 Å². The van der Waals surface area contributed by atoms with Gasteiger partial charge < -0.3 is 19.7 Å². The van der Waals surface area contributed by atoms with E-state index in [1.165, 1.54) is 12.1 Å². The van der Waals surface area contributed by atoms with Gasteiger partial charge in [0.1, 0.15) is 5.75 Å². The zero-order valence-electron chi connectivity index (χ0n) is 20.7. The summed E-state index contributed by atoms with van der Waals surface area (Å²) in [4.78, 5) is 15.5. The van der Waals surface area contributed by atoms with Gasteiger partial charge in [-0.1, -0.05) is 20.8 Å². The number of fused-ring (bicyclic) bond motifs is 1. The molecule has 1 fully saturated rings. The molecule has 1 aliphatic carbocycles. The summed E-state index contributed by atoms with van der Waals surface area (Å²) >= 11 is 0.